The van der Waals surface area contributed by atoms with Gasteiger partial charge in [-0.3, -0.25) is 14.5 Å². The lowest BCUT2D eigenvalue weighted by atomic mass is 10.1. The van der Waals surface area contributed by atoms with Crippen molar-refractivity contribution >= 4 is 35.5 Å². The molecule has 0 aromatic heterocycles. The predicted octanol–water partition coefficient (Wildman–Crippen LogP) is 1.36. The summed E-state index contributed by atoms with van der Waals surface area (Å²) >= 11 is 6.19. The molecule has 3 amide bonds. The van der Waals surface area contributed by atoms with E-state index in [-0.39, 0.29) is 13.1 Å². The lowest BCUT2D eigenvalue weighted by Crippen LogP contribution is -2.63. The standard InChI is InChI=1S/C18H18ClN5O4/c1-10-7-23-14-15(20-17(23)22(10)9-13(25)26)21(2)18(28)24(16(14)27)8-11-5-3-4-6-12(11)19/h3-7,14-15H,8-9H2,1-2H3,(H,25,26). The highest BCUT2D eigenvalue weighted by Crippen LogP contribution is 2.34. The van der Waals surface area contributed by atoms with Crippen molar-refractivity contribution in [3.8, 4) is 0 Å². The van der Waals surface area contributed by atoms with Crippen molar-refractivity contribution in [1.29, 1.82) is 0 Å². The minimum atomic E-state index is -1.01. The Hall–Kier alpha value is -3.07. The summed E-state index contributed by atoms with van der Waals surface area (Å²) in [6, 6.07) is 5.82. The summed E-state index contributed by atoms with van der Waals surface area (Å²) in [5.41, 5.74) is 1.34. The van der Waals surface area contributed by atoms with Gasteiger partial charge in [-0.05, 0) is 18.6 Å². The number of hydrogen-bond acceptors (Lipinski definition) is 6. The minimum Gasteiger partial charge on any atom is -0.480 e. The van der Waals surface area contributed by atoms with Crippen LogP contribution in [0.3, 0.4) is 0 Å². The number of carboxylic acids is 1. The molecule has 0 spiro atoms. The van der Waals surface area contributed by atoms with Gasteiger partial charge in [0.15, 0.2) is 12.2 Å². The Morgan fingerprint density at radius 1 is 1.25 bits per heavy atom. The lowest BCUT2D eigenvalue weighted by molar-refractivity contribution is -0.137. The van der Waals surface area contributed by atoms with E-state index in [0.29, 0.717) is 22.2 Å². The largest absolute Gasteiger partial charge is 0.480 e. The van der Waals surface area contributed by atoms with Crippen LogP contribution in [0.4, 0.5) is 4.79 Å². The van der Waals surface area contributed by atoms with E-state index in [9.17, 15) is 14.4 Å². The molecule has 1 saturated heterocycles. The first-order valence-corrected chi connectivity index (χ1v) is 9.03. The van der Waals surface area contributed by atoms with Crippen LogP contribution in [0.2, 0.25) is 5.02 Å². The third kappa shape index (κ3) is 2.70. The van der Waals surface area contributed by atoms with E-state index in [1.807, 2.05) is 0 Å². The molecule has 3 aliphatic rings. The van der Waals surface area contributed by atoms with Crippen LogP contribution >= 0.6 is 11.6 Å². The zero-order chi connectivity index (χ0) is 20.2. The summed E-state index contributed by atoms with van der Waals surface area (Å²) in [6.45, 7) is 1.53. The molecule has 0 bridgehead atoms. The molecule has 10 heteroatoms. The number of carbonyl (C=O) groups is 3. The summed E-state index contributed by atoms with van der Waals surface area (Å²) in [5.74, 6) is -1.04. The first-order chi connectivity index (χ1) is 13.3. The Morgan fingerprint density at radius 2 is 1.96 bits per heavy atom. The number of carboxylic acid groups (broad SMARTS) is 1. The summed E-state index contributed by atoms with van der Waals surface area (Å²) in [6.07, 6.45) is 0.986. The van der Waals surface area contributed by atoms with E-state index < -0.39 is 30.1 Å². The molecule has 28 heavy (non-hydrogen) atoms. The first kappa shape index (κ1) is 18.3. The average Bonchev–Trinajstić information content (AvgIpc) is 3.14. The van der Waals surface area contributed by atoms with E-state index in [4.69, 9.17) is 16.7 Å². The molecule has 2 atom stereocenters. The number of hydrogen-bond donors (Lipinski definition) is 1. The number of amides is 3. The number of imide groups is 1. The molecule has 0 aliphatic carbocycles. The van der Waals surface area contributed by atoms with Gasteiger partial charge in [-0.25, -0.2) is 9.79 Å². The number of guanidine groups is 1. The number of nitrogens with zero attached hydrogens (tertiary/aromatic N) is 5. The average molecular weight is 404 g/mol. The highest BCUT2D eigenvalue weighted by molar-refractivity contribution is 6.31. The molecule has 3 heterocycles. The van der Waals surface area contributed by atoms with Gasteiger partial charge in [0, 0.05) is 24.0 Å². The van der Waals surface area contributed by atoms with Gasteiger partial charge in [0.2, 0.25) is 5.96 Å². The number of aliphatic carboxylic acids is 1. The summed E-state index contributed by atoms with van der Waals surface area (Å²) in [7, 11) is 1.58. The molecule has 1 aromatic carbocycles. The topological polar surface area (TPSA) is 96.8 Å². The quantitative estimate of drug-likeness (QED) is 0.815. The van der Waals surface area contributed by atoms with Gasteiger partial charge in [-0.15, -0.1) is 0 Å². The fraction of sp³-hybridized carbons (Fsp3) is 0.333. The molecule has 9 nitrogen and oxygen atoms in total. The highest BCUT2D eigenvalue weighted by atomic mass is 35.5. The van der Waals surface area contributed by atoms with E-state index in [2.05, 4.69) is 4.99 Å². The molecular formula is C18H18ClN5O4. The van der Waals surface area contributed by atoms with Crippen LogP contribution in [0.5, 0.6) is 0 Å². The van der Waals surface area contributed by atoms with Gasteiger partial charge in [0.1, 0.15) is 6.54 Å². The smallest absolute Gasteiger partial charge is 0.328 e. The Balaban J connectivity index is 1.65. The predicted molar refractivity (Wildman–Crippen MR) is 100 cm³/mol. The fourth-order valence-corrected chi connectivity index (χ4v) is 3.87. The normalized spacial score (nSPS) is 23.7. The summed E-state index contributed by atoms with van der Waals surface area (Å²) in [5, 5.41) is 9.63. The van der Waals surface area contributed by atoms with Crippen molar-refractivity contribution in [2.75, 3.05) is 13.6 Å². The maximum atomic E-state index is 13.2. The molecule has 1 aromatic rings. The molecule has 0 radical (unpaired) electrons. The lowest BCUT2D eigenvalue weighted by Gasteiger charge is -2.40. The molecule has 1 N–H and O–H groups in total. The number of halogens is 1. The van der Waals surface area contributed by atoms with Gasteiger partial charge in [0.05, 0.1) is 6.54 Å². The SMILES string of the molecule is CC1=CN2C(=NC3C2C(=O)N(Cc2ccccc2Cl)C(=O)N3C)N1CC(=O)O. The second kappa shape index (κ2) is 6.52. The second-order valence-corrected chi connectivity index (χ2v) is 7.26. The van der Waals surface area contributed by atoms with Gasteiger partial charge < -0.3 is 19.8 Å². The van der Waals surface area contributed by atoms with E-state index in [1.165, 1.54) is 9.80 Å². The number of rotatable bonds is 4. The Bertz CT molecular complexity index is 946. The molecular weight excluding hydrogens is 386 g/mol. The molecule has 1 fully saturated rings. The maximum absolute atomic E-state index is 13.2. The van der Waals surface area contributed by atoms with Crippen molar-refractivity contribution in [1.82, 2.24) is 19.6 Å². The van der Waals surface area contributed by atoms with Crippen molar-refractivity contribution < 1.29 is 19.5 Å². The molecule has 2 unspecified atom stereocenters. The molecule has 146 valence electrons. The Labute approximate surface area is 166 Å². The number of fused-ring (bicyclic) bond motifs is 3. The number of benzene rings is 1. The van der Waals surface area contributed by atoms with Crippen molar-refractivity contribution in [3.05, 3.63) is 46.7 Å². The zero-order valence-electron chi connectivity index (χ0n) is 15.2. The van der Waals surface area contributed by atoms with Crippen molar-refractivity contribution in [3.63, 3.8) is 0 Å². The van der Waals surface area contributed by atoms with Gasteiger partial charge >= 0.3 is 12.0 Å². The second-order valence-electron chi connectivity index (χ2n) is 6.85. The van der Waals surface area contributed by atoms with Crippen LogP contribution in [0.1, 0.15) is 12.5 Å². The number of allylic oxidation sites excluding steroid dienone is 1. The summed E-state index contributed by atoms with van der Waals surface area (Å²) < 4.78 is 0. The molecule has 4 rings (SSSR count). The van der Waals surface area contributed by atoms with Crippen LogP contribution in [-0.4, -0.2) is 74.4 Å². The Kier molecular flexibility index (Phi) is 4.26. The van der Waals surface area contributed by atoms with E-state index in [0.717, 1.165) is 4.90 Å². The van der Waals surface area contributed by atoms with Gasteiger partial charge in [-0.2, -0.15) is 0 Å². The van der Waals surface area contributed by atoms with Gasteiger partial charge in [-0.1, -0.05) is 29.8 Å². The fourth-order valence-electron chi connectivity index (χ4n) is 3.68. The highest BCUT2D eigenvalue weighted by Gasteiger charge is 2.54. The molecule has 0 saturated carbocycles. The maximum Gasteiger partial charge on any atom is 0.328 e. The van der Waals surface area contributed by atoms with Crippen molar-refractivity contribution in [2.45, 2.75) is 25.7 Å². The van der Waals surface area contributed by atoms with Crippen LogP contribution < -0.4 is 0 Å². The van der Waals surface area contributed by atoms with Crippen LogP contribution in [0.15, 0.2) is 41.2 Å². The molecule has 3 aliphatic heterocycles. The first-order valence-electron chi connectivity index (χ1n) is 8.65. The number of urea groups is 1. The number of aliphatic imine (C=N–C) groups is 1. The van der Waals surface area contributed by atoms with Crippen LogP contribution in [0, 0.1) is 0 Å². The monoisotopic (exact) mass is 403 g/mol. The van der Waals surface area contributed by atoms with E-state index >= 15 is 0 Å². The Morgan fingerprint density at radius 3 is 2.64 bits per heavy atom. The summed E-state index contributed by atoms with van der Waals surface area (Å²) in [4.78, 5) is 47.4. The third-order valence-corrected chi connectivity index (χ3v) is 5.45. The van der Waals surface area contributed by atoms with E-state index in [1.54, 1.807) is 49.3 Å². The van der Waals surface area contributed by atoms with Crippen molar-refractivity contribution in [2.24, 2.45) is 4.99 Å². The van der Waals surface area contributed by atoms with Gasteiger partial charge in [0.25, 0.3) is 5.91 Å². The minimum absolute atomic E-state index is 0.0512. The van der Waals surface area contributed by atoms with Crippen LogP contribution in [-0.2, 0) is 16.1 Å². The van der Waals surface area contributed by atoms with Crippen LogP contribution in [0.25, 0.3) is 0 Å². The zero-order valence-corrected chi connectivity index (χ0v) is 16.0. The third-order valence-electron chi connectivity index (χ3n) is 5.08. The number of likely N-dealkylation sites (N-methyl/N-ethyl adjacent to an activating group) is 1. The number of carbonyl (C=O) groups excluding carboxylic acids is 2.